The van der Waals surface area contributed by atoms with Gasteiger partial charge in [0.25, 0.3) is 5.91 Å². The Hall–Kier alpha value is -2.08. The van der Waals surface area contributed by atoms with Gasteiger partial charge in [0.2, 0.25) is 5.91 Å². The number of carbonyl (C=O) groups is 2. The Balaban J connectivity index is 1.64. The van der Waals surface area contributed by atoms with Crippen LogP contribution in [0.2, 0.25) is 0 Å². The second kappa shape index (κ2) is 7.66. The number of benzene rings is 1. The maximum Gasteiger partial charge on any atom is 0.253 e. The maximum absolute atomic E-state index is 12.5. The molecule has 2 amide bonds. The van der Waals surface area contributed by atoms with E-state index >= 15 is 0 Å². The summed E-state index contributed by atoms with van der Waals surface area (Å²) in [5, 5.41) is 6.00. The van der Waals surface area contributed by atoms with Crippen LogP contribution in [0, 0.1) is 5.92 Å². The van der Waals surface area contributed by atoms with E-state index in [4.69, 9.17) is 4.74 Å². The van der Waals surface area contributed by atoms with Crippen LogP contribution in [0.1, 0.15) is 36.0 Å². The molecule has 0 atom stereocenters. The minimum absolute atomic E-state index is 0.0116. The van der Waals surface area contributed by atoms with Crippen molar-refractivity contribution in [1.82, 2.24) is 10.2 Å². The molecule has 130 valence electrons. The summed E-state index contributed by atoms with van der Waals surface area (Å²) in [4.78, 5) is 26.4. The van der Waals surface area contributed by atoms with Crippen molar-refractivity contribution in [3.05, 3.63) is 23.8 Å². The van der Waals surface area contributed by atoms with E-state index in [-0.39, 0.29) is 18.4 Å². The molecule has 1 aliphatic heterocycles. The zero-order chi connectivity index (χ0) is 16.9. The fourth-order valence-corrected chi connectivity index (χ4v) is 2.95. The number of likely N-dealkylation sites (tertiary alicyclic amines) is 1. The molecule has 6 nitrogen and oxygen atoms in total. The van der Waals surface area contributed by atoms with Gasteiger partial charge in [0, 0.05) is 18.7 Å². The van der Waals surface area contributed by atoms with Gasteiger partial charge in [-0.15, -0.1) is 0 Å². The van der Waals surface area contributed by atoms with Gasteiger partial charge in [0.15, 0.2) is 0 Å². The molecule has 24 heavy (non-hydrogen) atoms. The van der Waals surface area contributed by atoms with Gasteiger partial charge >= 0.3 is 0 Å². The van der Waals surface area contributed by atoms with Crippen LogP contribution in [-0.2, 0) is 4.79 Å². The average Bonchev–Trinajstić information content (AvgIpc) is 3.24. The molecule has 1 saturated carbocycles. The lowest BCUT2D eigenvalue weighted by Gasteiger charge is -2.17. The lowest BCUT2D eigenvalue weighted by Crippen LogP contribution is -2.30. The number of amides is 2. The number of rotatable bonds is 7. The highest BCUT2D eigenvalue weighted by Crippen LogP contribution is 2.28. The van der Waals surface area contributed by atoms with Crippen LogP contribution in [-0.4, -0.2) is 50.0 Å². The van der Waals surface area contributed by atoms with Gasteiger partial charge in [-0.05, 0) is 56.3 Å². The first kappa shape index (κ1) is 16.8. The minimum Gasteiger partial charge on any atom is -0.495 e. The lowest BCUT2D eigenvalue weighted by atomic mass is 10.1. The number of hydrogen-bond acceptors (Lipinski definition) is 4. The average molecular weight is 331 g/mol. The topological polar surface area (TPSA) is 70.7 Å². The van der Waals surface area contributed by atoms with Crippen molar-refractivity contribution in [2.45, 2.75) is 25.7 Å². The number of methoxy groups -OCH3 is 1. The predicted octanol–water partition coefficient (Wildman–Crippen LogP) is 1.87. The van der Waals surface area contributed by atoms with Crippen LogP contribution in [0.15, 0.2) is 18.2 Å². The largest absolute Gasteiger partial charge is 0.495 e. The molecule has 1 aromatic carbocycles. The Morgan fingerprint density at radius 2 is 2.00 bits per heavy atom. The van der Waals surface area contributed by atoms with Crippen molar-refractivity contribution in [2.75, 3.05) is 38.6 Å². The zero-order valence-electron chi connectivity index (χ0n) is 14.1. The molecular weight excluding hydrogens is 306 g/mol. The van der Waals surface area contributed by atoms with Crippen LogP contribution >= 0.6 is 0 Å². The monoisotopic (exact) mass is 331 g/mol. The second-order valence-corrected chi connectivity index (χ2v) is 6.54. The van der Waals surface area contributed by atoms with Crippen molar-refractivity contribution in [3.63, 3.8) is 0 Å². The number of nitrogens with one attached hydrogen (secondary N) is 2. The number of hydrogen-bond donors (Lipinski definition) is 2. The maximum atomic E-state index is 12.5. The third kappa shape index (κ3) is 4.26. The molecule has 2 N–H and O–H groups in total. The van der Waals surface area contributed by atoms with Crippen LogP contribution < -0.4 is 15.4 Å². The molecule has 0 spiro atoms. The van der Waals surface area contributed by atoms with Crippen LogP contribution in [0.5, 0.6) is 5.75 Å². The molecule has 2 aliphatic rings. The fourth-order valence-electron chi connectivity index (χ4n) is 2.95. The summed E-state index contributed by atoms with van der Waals surface area (Å²) < 4.78 is 5.30. The van der Waals surface area contributed by atoms with Crippen molar-refractivity contribution in [3.8, 4) is 5.75 Å². The van der Waals surface area contributed by atoms with E-state index < -0.39 is 0 Å². The summed E-state index contributed by atoms with van der Waals surface area (Å²) in [5.74, 6) is 1.18. The van der Waals surface area contributed by atoms with Crippen LogP contribution in [0.25, 0.3) is 0 Å². The first-order valence-electron chi connectivity index (χ1n) is 8.65. The molecule has 0 bridgehead atoms. The smallest absolute Gasteiger partial charge is 0.253 e. The molecule has 1 heterocycles. The molecule has 1 saturated heterocycles. The summed E-state index contributed by atoms with van der Waals surface area (Å²) in [6.07, 6.45) is 4.61. The van der Waals surface area contributed by atoms with Crippen molar-refractivity contribution < 1.29 is 14.3 Å². The molecular formula is C18H25N3O3. The lowest BCUT2D eigenvalue weighted by molar-refractivity contribution is -0.115. The predicted molar refractivity (Wildman–Crippen MR) is 92.4 cm³/mol. The highest BCUT2D eigenvalue weighted by molar-refractivity contribution is 5.99. The Morgan fingerprint density at radius 3 is 2.67 bits per heavy atom. The first-order valence-corrected chi connectivity index (χ1v) is 8.65. The van der Waals surface area contributed by atoms with E-state index in [0.717, 1.165) is 38.4 Å². The molecule has 1 aromatic rings. The standard InChI is InChI=1S/C18H25N3O3/c1-24-16-7-6-14(18(23)21-8-2-3-9-21)10-15(16)20-17(22)12-19-11-13-4-5-13/h6-7,10,13,19H,2-5,8-9,11-12H2,1H3,(H,20,22). The van der Waals surface area contributed by atoms with E-state index in [1.807, 2.05) is 4.90 Å². The summed E-state index contributed by atoms with van der Waals surface area (Å²) in [6, 6.07) is 5.19. The van der Waals surface area contributed by atoms with E-state index in [0.29, 0.717) is 17.0 Å². The molecule has 3 rings (SSSR count). The normalized spacial score (nSPS) is 17.0. The molecule has 1 aliphatic carbocycles. The van der Waals surface area contributed by atoms with E-state index in [9.17, 15) is 9.59 Å². The van der Waals surface area contributed by atoms with Gasteiger partial charge in [-0.2, -0.15) is 0 Å². The summed E-state index contributed by atoms with van der Waals surface area (Å²) in [5.41, 5.74) is 1.12. The molecule has 0 radical (unpaired) electrons. The Kier molecular flexibility index (Phi) is 5.35. The summed E-state index contributed by atoms with van der Waals surface area (Å²) in [6.45, 7) is 2.76. The number of anilines is 1. The van der Waals surface area contributed by atoms with Crippen LogP contribution in [0.3, 0.4) is 0 Å². The first-order chi connectivity index (χ1) is 11.7. The third-order valence-corrected chi connectivity index (χ3v) is 4.53. The number of carbonyl (C=O) groups excluding carboxylic acids is 2. The van der Waals surface area contributed by atoms with Crippen molar-refractivity contribution in [1.29, 1.82) is 0 Å². The molecule has 0 aromatic heterocycles. The number of nitrogens with zero attached hydrogens (tertiary/aromatic N) is 1. The van der Waals surface area contributed by atoms with Gasteiger partial charge in [-0.3, -0.25) is 9.59 Å². The van der Waals surface area contributed by atoms with Crippen molar-refractivity contribution in [2.24, 2.45) is 5.92 Å². The highest BCUT2D eigenvalue weighted by atomic mass is 16.5. The summed E-state index contributed by atoms with van der Waals surface area (Å²) in [7, 11) is 1.55. The van der Waals surface area contributed by atoms with Gasteiger partial charge in [-0.25, -0.2) is 0 Å². The molecule has 6 heteroatoms. The van der Waals surface area contributed by atoms with Gasteiger partial charge < -0.3 is 20.3 Å². The third-order valence-electron chi connectivity index (χ3n) is 4.53. The summed E-state index contributed by atoms with van der Waals surface area (Å²) >= 11 is 0. The van der Waals surface area contributed by atoms with E-state index in [1.165, 1.54) is 12.8 Å². The second-order valence-electron chi connectivity index (χ2n) is 6.54. The molecule has 2 fully saturated rings. The Labute approximate surface area is 142 Å². The minimum atomic E-state index is -0.125. The van der Waals surface area contributed by atoms with Crippen LogP contribution in [0.4, 0.5) is 5.69 Å². The van der Waals surface area contributed by atoms with E-state index in [2.05, 4.69) is 10.6 Å². The highest BCUT2D eigenvalue weighted by Gasteiger charge is 2.22. The fraction of sp³-hybridized carbons (Fsp3) is 0.556. The Bertz CT molecular complexity index is 608. The SMILES string of the molecule is COc1ccc(C(=O)N2CCCC2)cc1NC(=O)CNCC1CC1. The zero-order valence-corrected chi connectivity index (χ0v) is 14.1. The van der Waals surface area contributed by atoms with Gasteiger partial charge in [0.1, 0.15) is 5.75 Å². The number of ether oxygens (including phenoxy) is 1. The van der Waals surface area contributed by atoms with E-state index in [1.54, 1.807) is 25.3 Å². The van der Waals surface area contributed by atoms with Gasteiger partial charge in [0.05, 0.1) is 19.3 Å². The Morgan fingerprint density at radius 1 is 1.25 bits per heavy atom. The molecule has 0 unspecified atom stereocenters. The van der Waals surface area contributed by atoms with Gasteiger partial charge in [-0.1, -0.05) is 0 Å². The van der Waals surface area contributed by atoms with Crippen molar-refractivity contribution >= 4 is 17.5 Å². The quantitative estimate of drug-likeness (QED) is 0.800.